The molecule has 8 heteroatoms. The molecular weight excluding hydrogens is 394 g/mol. The second-order valence-corrected chi connectivity index (χ2v) is 6.93. The predicted octanol–water partition coefficient (Wildman–Crippen LogP) is 3.85. The quantitative estimate of drug-likeness (QED) is 0.607. The van der Waals surface area contributed by atoms with Crippen molar-refractivity contribution in [2.45, 2.75) is 6.92 Å². The molecule has 1 amide bonds. The average molecular weight is 414 g/mol. The number of fused-ring (bicyclic) bond motifs is 1. The van der Waals surface area contributed by atoms with Crippen molar-refractivity contribution in [3.63, 3.8) is 0 Å². The molecule has 1 aliphatic rings. The maximum atomic E-state index is 13.9. The van der Waals surface area contributed by atoms with E-state index in [9.17, 15) is 18.4 Å². The lowest BCUT2D eigenvalue weighted by Gasteiger charge is -2.36. The van der Waals surface area contributed by atoms with Crippen LogP contribution in [0.5, 0.6) is 0 Å². The number of nitrogens with zero attached hydrogens (tertiary/aromatic N) is 2. The van der Waals surface area contributed by atoms with E-state index in [0.29, 0.717) is 31.8 Å². The molecule has 0 aliphatic carbocycles. The van der Waals surface area contributed by atoms with Crippen LogP contribution in [0.25, 0.3) is 11.0 Å². The van der Waals surface area contributed by atoms with Gasteiger partial charge in [-0.25, -0.2) is 13.6 Å². The van der Waals surface area contributed by atoms with E-state index in [0.717, 1.165) is 23.2 Å². The third kappa shape index (κ3) is 3.72. The number of esters is 1. The lowest BCUT2D eigenvalue weighted by atomic mass is 10.1. The highest BCUT2D eigenvalue weighted by molar-refractivity contribution is 5.95. The van der Waals surface area contributed by atoms with Gasteiger partial charge in [0.05, 0.1) is 6.61 Å². The molecule has 0 N–H and O–H groups in total. The van der Waals surface area contributed by atoms with E-state index in [-0.39, 0.29) is 12.4 Å². The van der Waals surface area contributed by atoms with Crippen LogP contribution in [0, 0.1) is 11.6 Å². The number of carbonyl (C=O) groups is 2. The summed E-state index contributed by atoms with van der Waals surface area (Å²) < 4.78 is 38.3. The molecular formula is C22H20F2N2O4. The molecule has 156 valence electrons. The Morgan fingerprint density at radius 3 is 2.40 bits per heavy atom. The van der Waals surface area contributed by atoms with Gasteiger partial charge in [0.1, 0.15) is 22.8 Å². The first-order valence-corrected chi connectivity index (χ1v) is 9.67. The van der Waals surface area contributed by atoms with Gasteiger partial charge in [-0.2, -0.15) is 0 Å². The normalized spacial score (nSPS) is 14.2. The summed E-state index contributed by atoms with van der Waals surface area (Å²) in [5, 5.41) is 0.766. The van der Waals surface area contributed by atoms with Crippen LogP contribution in [0.3, 0.4) is 0 Å². The summed E-state index contributed by atoms with van der Waals surface area (Å²) >= 11 is 0. The molecule has 0 atom stereocenters. The van der Waals surface area contributed by atoms with Gasteiger partial charge in [0, 0.05) is 37.3 Å². The highest BCUT2D eigenvalue weighted by Gasteiger charge is 2.27. The zero-order valence-corrected chi connectivity index (χ0v) is 16.4. The first-order chi connectivity index (χ1) is 14.5. The molecule has 1 aromatic heterocycles. The molecule has 0 bridgehead atoms. The van der Waals surface area contributed by atoms with Crippen molar-refractivity contribution in [2.24, 2.45) is 0 Å². The Morgan fingerprint density at radius 2 is 1.73 bits per heavy atom. The molecule has 0 radical (unpaired) electrons. The first-order valence-electron chi connectivity index (χ1n) is 9.67. The molecule has 1 aliphatic heterocycles. The van der Waals surface area contributed by atoms with Crippen molar-refractivity contribution >= 4 is 28.5 Å². The number of hydrogen-bond acceptors (Lipinski definition) is 5. The number of hydrogen-bond donors (Lipinski definition) is 0. The van der Waals surface area contributed by atoms with E-state index in [1.807, 2.05) is 12.1 Å². The topological polar surface area (TPSA) is 63.0 Å². The molecule has 1 saturated heterocycles. The van der Waals surface area contributed by atoms with Gasteiger partial charge in [-0.15, -0.1) is 0 Å². The lowest BCUT2D eigenvalue weighted by molar-refractivity contribution is 0.0492. The Hall–Kier alpha value is -3.42. The largest absolute Gasteiger partial charge is 0.460 e. The summed E-state index contributed by atoms with van der Waals surface area (Å²) in [7, 11) is 0. The molecule has 6 nitrogen and oxygen atoms in total. The van der Waals surface area contributed by atoms with Crippen LogP contribution in [0.1, 0.15) is 27.8 Å². The van der Waals surface area contributed by atoms with Crippen LogP contribution < -0.4 is 4.90 Å². The number of carbonyl (C=O) groups excluding carboxylic acids is 2. The van der Waals surface area contributed by atoms with Crippen LogP contribution >= 0.6 is 0 Å². The van der Waals surface area contributed by atoms with Gasteiger partial charge in [0.2, 0.25) is 5.76 Å². The van der Waals surface area contributed by atoms with Gasteiger partial charge >= 0.3 is 5.97 Å². The Kier molecular flexibility index (Phi) is 5.39. The Bertz CT molecular complexity index is 1080. The third-order valence-corrected chi connectivity index (χ3v) is 5.09. The Balaban J connectivity index is 1.46. The summed E-state index contributed by atoms with van der Waals surface area (Å²) in [5.41, 5.74) is 0.964. The van der Waals surface area contributed by atoms with E-state index in [4.69, 9.17) is 9.15 Å². The smallest absolute Gasteiger partial charge is 0.374 e. The molecule has 2 heterocycles. The van der Waals surface area contributed by atoms with Crippen LogP contribution in [-0.2, 0) is 4.74 Å². The lowest BCUT2D eigenvalue weighted by Crippen LogP contribution is -2.49. The number of benzene rings is 2. The zero-order valence-electron chi connectivity index (χ0n) is 16.4. The third-order valence-electron chi connectivity index (χ3n) is 5.09. The number of rotatable bonds is 4. The van der Waals surface area contributed by atoms with E-state index < -0.39 is 29.1 Å². The fourth-order valence-electron chi connectivity index (χ4n) is 3.56. The average Bonchev–Trinajstić information content (AvgIpc) is 3.17. The van der Waals surface area contributed by atoms with Gasteiger partial charge in [0.15, 0.2) is 0 Å². The maximum Gasteiger partial charge on any atom is 0.374 e. The fraction of sp³-hybridized carbons (Fsp3) is 0.273. The van der Waals surface area contributed by atoms with Gasteiger partial charge in [-0.1, -0.05) is 6.07 Å². The second kappa shape index (κ2) is 8.14. The van der Waals surface area contributed by atoms with Crippen molar-refractivity contribution in [3.05, 3.63) is 65.4 Å². The van der Waals surface area contributed by atoms with Gasteiger partial charge in [-0.05, 0) is 43.3 Å². The van der Waals surface area contributed by atoms with Gasteiger partial charge in [0.25, 0.3) is 5.91 Å². The van der Waals surface area contributed by atoms with Crippen LogP contribution in [0.2, 0.25) is 0 Å². The first kappa shape index (κ1) is 19.9. The molecule has 0 unspecified atom stereocenters. The summed E-state index contributed by atoms with van der Waals surface area (Å²) in [6.07, 6.45) is 0. The second-order valence-electron chi connectivity index (χ2n) is 6.93. The molecule has 30 heavy (non-hydrogen) atoms. The molecule has 4 rings (SSSR count). The van der Waals surface area contributed by atoms with Crippen molar-refractivity contribution in [1.29, 1.82) is 0 Å². The number of furan rings is 1. The monoisotopic (exact) mass is 414 g/mol. The molecule has 1 fully saturated rings. The summed E-state index contributed by atoms with van der Waals surface area (Å²) in [6, 6.07) is 10.6. The van der Waals surface area contributed by atoms with Gasteiger partial charge < -0.3 is 19.0 Å². The summed E-state index contributed by atoms with van der Waals surface area (Å²) in [4.78, 5) is 27.9. The number of piperazine rings is 1. The maximum absolute atomic E-state index is 13.9. The Morgan fingerprint density at radius 1 is 1.03 bits per heavy atom. The summed E-state index contributed by atoms with van der Waals surface area (Å²) in [6.45, 7) is 3.69. The fourth-order valence-corrected chi connectivity index (χ4v) is 3.56. The minimum absolute atomic E-state index is 0.145. The van der Waals surface area contributed by atoms with E-state index in [2.05, 4.69) is 4.90 Å². The van der Waals surface area contributed by atoms with E-state index in [1.165, 1.54) is 11.0 Å². The number of halogens is 2. The minimum atomic E-state index is -0.856. The SMILES string of the molecule is CCOC(=O)c1cc2cc(N3CCN(C(=O)c4c(F)cccc4F)CC3)ccc2o1. The van der Waals surface area contributed by atoms with Crippen LogP contribution in [0.15, 0.2) is 46.9 Å². The number of ether oxygens (including phenoxy) is 1. The van der Waals surface area contributed by atoms with Crippen LogP contribution in [0.4, 0.5) is 14.5 Å². The van der Waals surface area contributed by atoms with E-state index in [1.54, 1.807) is 19.1 Å². The van der Waals surface area contributed by atoms with Crippen molar-refractivity contribution in [2.75, 3.05) is 37.7 Å². The zero-order chi connectivity index (χ0) is 21.3. The standard InChI is InChI=1S/C22H20F2N2O4/c1-2-29-22(28)19-13-14-12-15(6-7-18(14)30-19)25-8-10-26(11-9-25)21(27)20-16(23)4-3-5-17(20)24/h3-7,12-13H,2,8-11H2,1H3. The van der Waals surface area contributed by atoms with E-state index >= 15 is 0 Å². The Labute approximate surface area is 171 Å². The molecule has 2 aromatic carbocycles. The van der Waals surface area contributed by atoms with Crippen molar-refractivity contribution in [3.8, 4) is 0 Å². The number of anilines is 1. The summed E-state index contributed by atoms with van der Waals surface area (Å²) in [5.74, 6) is -2.72. The molecule has 0 spiro atoms. The highest BCUT2D eigenvalue weighted by Crippen LogP contribution is 2.27. The van der Waals surface area contributed by atoms with Crippen LogP contribution in [-0.4, -0.2) is 49.6 Å². The number of amides is 1. The minimum Gasteiger partial charge on any atom is -0.460 e. The van der Waals surface area contributed by atoms with Crippen molar-refractivity contribution in [1.82, 2.24) is 4.90 Å². The predicted molar refractivity (Wildman–Crippen MR) is 107 cm³/mol. The van der Waals surface area contributed by atoms with Crippen molar-refractivity contribution < 1.29 is 27.5 Å². The molecule has 0 saturated carbocycles. The highest BCUT2D eigenvalue weighted by atomic mass is 19.1. The molecule has 3 aromatic rings. The van der Waals surface area contributed by atoms with Gasteiger partial charge in [-0.3, -0.25) is 4.79 Å².